The van der Waals surface area contributed by atoms with Crippen LogP contribution < -0.4 is 15.4 Å². The lowest BCUT2D eigenvalue weighted by Gasteiger charge is -2.11. The molecule has 0 unspecified atom stereocenters. The van der Waals surface area contributed by atoms with E-state index < -0.39 is 0 Å². The van der Waals surface area contributed by atoms with Gasteiger partial charge in [-0.1, -0.05) is 42.5 Å². The molecule has 2 aromatic carbocycles. The minimum absolute atomic E-state index is 0.142. The van der Waals surface area contributed by atoms with Crippen molar-refractivity contribution >= 4 is 17.3 Å². The van der Waals surface area contributed by atoms with Crippen molar-refractivity contribution in [3.8, 4) is 5.75 Å². The predicted molar refractivity (Wildman–Crippen MR) is 103 cm³/mol. The molecule has 2 N–H and O–H groups in total. The van der Waals surface area contributed by atoms with Crippen molar-refractivity contribution in [3.63, 3.8) is 0 Å². The van der Waals surface area contributed by atoms with Crippen LogP contribution in [0.3, 0.4) is 0 Å². The first kappa shape index (κ1) is 17.5. The number of para-hydroxylation sites is 2. The first-order chi connectivity index (χ1) is 12.8. The van der Waals surface area contributed by atoms with Gasteiger partial charge in [-0.05, 0) is 30.2 Å². The Bertz CT molecular complexity index is 866. The predicted octanol–water partition coefficient (Wildman–Crippen LogP) is 3.81. The smallest absolute Gasteiger partial charge is 0.252 e. The Hall–Kier alpha value is -3.34. The summed E-state index contributed by atoms with van der Waals surface area (Å²) in [5.74, 6) is 0.585. The van der Waals surface area contributed by atoms with Crippen LogP contribution in [0.1, 0.15) is 15.9 Å². The van der Waals surface area contributed by atoms with Crippen LogP contribution in [-0.4, -0.2) is 24.5 Å². The summed E-state index contributed by atoms with van der Waals surface area (Å²) in [5.41, 5.74) is 3.25. The number of rotatable bonds is 7. The molecule has 0 fully saturated rings. The largest absolute Gasteiger partial charge is 0.495 e. The van der Waals surface area contributed by atoms with E-state index in [1.807, 2.05) is 54.6 Å². The first-order valence-electron chi connectivity index (χ1n) is 8.43. The number of hydrogen-bond acceptors (Lipinski definition) is 4. The highest BCUT2D eigenvalue weighted by molar-refractivity contribution is 5.94. The lowest BCUT2D eigenvalue weighted by atomic mass is 10.1. The number of anilines is 2. The number of aromatic nitrogens is 1. The van der Waals surface area contributed by atoms with Gasteiger partial charge in [0.05, 0.1) is 30.2 Å². The Kier molecular flexibility index (Phi) is 5.83. The zero-order valence-corrected chi connectivity index (χ0v) is 14.6. The van der Waals surface area contributed by atoms with Crippen molar-refractivity contribution in [1.82, 2.24) is 10.3 Å². The molecule has 0 saturated carbocycles. The van der Waals surface area contributed by atoms with E-state index in [4.69, 9.17) is 4.74 Å². The zero-order valence-electron chi connectivity index (χ0n) is 14.6. The van der Waals surface area contributed by atoms with Crippen LogP contribution in [-0.2, 0) is 6.42 Å². The van der Waals surface area contributed by atoms with Crippen molar-refractivity contribution in [3.05, 3.63) is 84.2 Å². The lowest BCUT2D eigenvalue weighted by molar-refractivity contribution is 0.0954. The zero-order chi connectivity index (χ0) is 18.2. The second kappa shape index (κ2) is 8.67. The van der Waals surface area contributed by atoms with E-state index in [0.29, 0.717) is 12.1 Å². The van der Waals surface area contributed by atoms with Gasteiger partial charge >= 0.3 is 0 Å². The van der Waals surface area contributed by atoms with Crippen LogP contribution in [0.5, 0.6) is 5.75 Å². The molecule has 26 heavy (non-hydrogen) atoms. The average molecular weight is 347 g/mol. The molecule has 0 aliphatic rings. The number of nitrogens with zero attached hydrogens (tertiary/aromatic N) is 1. The Labute approximate surface area is 153 Å². The minimum atomic E-state index is -0.142. The number of carbonyl (C=O) groups is 1. The summed E-state index contributed by atoms with van der Waals surface area (Å²) in [7, 11) is 1.62. The van der Waals surface area contributed by atoms with Crippen molar-refractivity contribution in [2.75, 3.05) is 19.0 Å². The van der Waals surface area contributed by atoms with E-state index in [1.54, 1.807) is 25.6 Å². The fourth-order valence-corrected chi connectivity index (χ4v) is 2.60. The van der Waals surface area contributed by atoms with Gasteiger partial charge in [0.15, 0.2) is 0 Å². The summed E-state index contributed by atoms with van der Waals surface area (Å²) in [5, 5.41) is 6.16. The Balaban J connectivity index is 1.62. The third kappa shape index (κ3) is 4.60. The number of benzene rings is 2. The maximum atomic E-state index is 12.4. The normalized spacial score (nSPS) is 10.2. The number of hydrogen-bond donors (Lipinski definition) is 2. The van der Waals surface area contributed by atoms with Gasteiger partial charge in [-0.15, -0.1) is 0 Å². The standard InChI is InChI=1S/C21H21N3O2/c1-26-20-10-6-5-9-19(20)24-18-13-17(14-22-15-18)21(25)23-12-11-16-7-3-2-4-8-16/h2-10,13-15,24H,11-12H2,1H3,(H,23,25). The first-order valence-corrected chi connectivity index (χ1v) is 8.43. The fourth-order valence-electron chi connectivity index (χ4n) is 2.60. The average Bonchev–Trinajstić information content (AvgIpc) is 2.69. The molecule has 0 aliphatic carbocycles. The van der Waals surface area contributed by atoms with E-state index in [2.05, 4.69) is 15.6 Å². The summed E-state index contributed by atoms with van der Waals surface area (Å²) >= 11 is 0. The third-order valence-electron chi connectivity index (χ3n) is 3.93. The molecule has 5 nitrogen and oxygen atoms in total. The highest BCUT2D eigenvalue weighted by Gasteiger charge is 2.08. The SMILES string of the molecule is COc1ccccc1Nc1cncc(C(=O)NCCc2ccccc2)c1. The van der Waals surface area contributed by atoms with Crippen molar-refractivity contribution < 1.29 is 9.53 Å². The monoisotopic (exact) mass is 347 g/mol. The molecule has 0 atom stereocenters. The van der Waals surface area contributed by atoms with Gasteiger partial charge in [-0.3, -0.25) is 9.78 Å². The van der Waals surface area contributed by atoms with E-state index in [1.165, 1.54) is 5.56 Å². The Morgan fingerprint density at radius 3 is 2.62 bits per heavy atom. The van der Waals surface area contributed by atoms with Gasteiger partial charge in [0, 0.05) is 12.7 Å². The Morgan fingerprint density at radius 1 is 1.04 bits per heavy atom. The molecular formula is C21H21N3O2. The van der Waals surface area contributed by atoms with E-state index in [-0.39, 0.29) is 5.91 Å². The molecule has 3 rings (SSSR count). The van der Waals surface area contributed by atoms with Crippen LogP contribution in [0, 0.1) is 0 Å². The highest BCUT2D eigenvalue weighted by atomic mass is 16.5. The van der Waals surface area contributed by atoms with Crippen molar-refractivity contribution in [2.45, 2.75) is 6.42 Å². The number of methoxy groups -OCH3 is 1. The molecular weight excluding hydrogens is 326 g/mol. The highest BCUT2D eigenvalue weighted by Crippen LogP contribution is 2.26. The second-order valence-corrected chi connectivity index (χ2v) is 5.78. The maximum absolute atomic E-state index is 12.4. The number of amides is 1. The van der Waals surface area contributed by atoms with Gasteiger partial charge in [-0.25, -0.2) is 0 Å². The van der Waals surface area contributed by atoms with E-state index in [0.717, 1.165) is 23.5 Å². The van der Waals surface area contributed by atoms with Gasteiger partial charge in [-0.2, -0.15) is 0 Å². The van der Waals surface area contributed by atoms with Crippen molar-refractivity contribution in [1.29, 1.82) is 0 Å². The number of nitrogens with one attached hydrogen (secondary N) is 2. The van der Waals surface area contributed by atoms with Crippen LogP contribution in [0.4, 0.5) is 11.4 Å². The molecule has 0 bridgehead atoms. The van der Waals surface area contributed by atoms with Crippen LogP contribution in [0.25, 0.3) is 0 Å². The van der Waals surface area contributed by atoms with E-state index in [9.17, 15) is 4.79 Å². The van der Waals surface area contributed by atoms with Crippen LogP contribution in [0.2, 0.25) is 0 Å². The number of pyridine rings is 1. The summed E-state index contributed by atoms with van der Waals surface area (Å²) in [6, 6.07) is 19.4. The molecule has 1 amide bonds. The van der Waals surface area contributed by atoms with Crippen LogP contribution >= 0.6 is 0 Å². The van der Waals surface area contributed by atoms with Gasteiger partial charge < -0.3 is 15.4 Å². The molecule has 0 radical (unpaired) electrons. The maximum Gasteiger partial charge on any atom is 0.252 e. The molecule has 0 aliphatic heterocycles. The summed E-state index contributed by atoms with van der Waals surface area (Å²) < 4.78 is 5.33. The van der Waals surface area contributed by atoms with Crippen LogP contribution in [0.15, 0.2) is 73.1 Å². The molecule has 5 heteroatoms. The third-order valence-corrected chi connectivity index (χ3v) is 3.93. The summed E-state index contributed by atoms with van der Waals surface area (Å²) in [6.07, 6.45) is 4.03. The topological polar surface area (TPSA) is 63.2 Å². The van der Waals surface area contributed by atoms with Gasteiger partial charge in [0.1, 0.15) is 5.75 Å². The summed E-state index contributed by atoms with van der Waals surface area (Å²) in [6.45, 7) is 0.576. The minimum Gasteiger partial charge on any atom is -0.495 e. The quantitative estimate of drug-likeness (QED) is 0.682. The lowest BCUT2D eigenvalue weighted by Crippen LogP contribution is -2.25. The second-order valence-electron chi connectivity index (χ2n) is 5.78. The summed E-state index contributed by atoms with van der Waals surface area (Å²) in [4.78, 5) is 16.5. The van der Waals surface area contributed by atoms with Crippen molar-refractivity contribution in [2.24, 2.45) is 0 Å². The van der Waals surface area contributed by atoms with Gasteiger partial charge in [0.25, 0.3) is 5.91 Å². The number of ether oxygens (including phenoxy) is 1. The Morgan fingerprint density at radius 2 is 1.81 bits per heavy atom. The molecule has 3 aromatic rings. The molecule has 0 spiro atoms. The number of carbonyl (C=O) groups excluding carboxylic acids is 1. The van der Waals surface area contributed by atoms with E-state index >= 15 is 0 Å². The molecule has 132 valence electrons. The molecule has 1 aromatic heterocycles. The molecule has 0 saturated heterocycles. The van der Waals surface area contributed by atoms with Gasteiger partial charge in [0.2, 0.25) is 0 Å². The fraction of sp³-hybridized carbons (Fsp3) is 0.143. The molecule has 1 heterocycles.